The zero-order chi connectivity index (χ0) is 8.27. The van der Waals surface area contributed by atoms with Crippen LogP contribution in [-0.2, 0) is 4.79 Å². The Labute approximate surface area is 67.5 Å². The Kier molecular flexibility index (Phi) is 2.88. The van der Waals surface area contributed by atoms with E-state index >= 15 is 0 Å². The lowest BCUT2D eigenvalue weighted by molar-refractivity contribution is -0.119. The molecular formula is C8H16N2O. The van der Waals surface area contributed by atoms with Crippen molar-refractivity contribution in [2.75, 3.05) is 7.05 Å². The molecule has 0 aromatic heterocycles. The van der Waals surface area contributed by atoms with Crippen molar-refractivity contribution in [3.63, 3.8) is 0 Å². The minimum Gasteiger partial charge on any atom is -0.354 e. The Bertz CT molecular complexity index is 147. The lowest BCUT2D eigenvalue weighted by atomic mass is 10.2. The molecule has 0 radical (unpaired) electrons. The van der Waals surface area contributed by atoms with Gasteiger partial charge in [0.2, 0.25) is 5.91 Å². The second-order valence-electron chi connectivity index (χ2n) is 3.20. The van der Waals surface area contributed by atoms with Crippen LogP contribution in [0.15, 0.2) is 0 Å². The molecule has 0 heterocycles. The van der Waals surface area contributed by atoms with Crippen LogP contribution in [0.5, 0.6) is 0 Å². The molecule has 3 heteroatoms. The van der Waals surface area contributed by atoms with Gasteiger partial charge in [-0.2, -0.15) is 0 Å². The fourth-order valence-corrected chi connectivity index (χ4v) is 1.66. The van der Waals surface area contributed by atoms with Gasteiger partial charge in [0.15, 0.2) is 0 Å². The molecule has 0 aromatic rings. The number of hydrogen-bond donors (Lipinski definition) is 2. The Morgan fingerprint density at radius 1 is 1.36 bits per heavy atom. The summed E-state index contributed by atoms with van der Waals surface area (Å²) in [5, 5.41) is 6.14. The number of rotatable bonds is 2. The number of carbonyl (C=O) groups excluding carboxylic acids is 1. The number of amides is 1. The normalized spacial score (nSPS) is 30.4. The van der Waals surface area contributed by atoms with Crippen LogP contribution < -0.4 is 10.6 Å². The average Bonchev–Trinajstić information content (AvgIpc) is 2.34. The van der Waals surface area contributed by atoms with Crippen molar-refractivity contribution in [2.45, 2.75) is 38.3 Å². The standard InChI is InChI=1S/C8H16N2O/c1-6(11)10-8-4-3-7(5-8)9-2/h7-9H,3-5H2,1-2H3,(H,10,11)/t7-,8+/m0/s1. The Balaban J connectivity index is 2.24. The maximum absolute atomic E-state index is 10.7. The summed E-state index contributed by atoms with van der Waals surface area (Å²) in [7, 11) is 1.97. The van der Waals surface area contributed by atoms with Gasteiger partial charge in [0.05, 0.1) is 0 Å². The summed E-state index contributed by atoms with van der Waals surface area (Å²) in [6, 6.07) is 1.01. The van der Waals surface area contributed by atoms with Crippen LogP contribution in [0.25, 0.3) is 0 Å². The zero-order valence-electron chi connectivity index (χ0n) is 7.18. The summed E-state index contributed by atoms with van der Waals surface area (Å²) in [6.07, 6.45) is 3.38. The van der Waals surface area contributed by atoms with Crippen molar-refractivity contribution in [1.82, 2.24) is 10.6 Å². The maximum Gasteiger partial charge on any atom is 0.217 e. The molecule has 0 spiro atoms. The summed E-state index contributed by atoms with van der Waals surface area (Å²) in [4.78, 5) is 10.7. The van der Waals surface area contributed by atoms with E-state index in [2.05, 4.69) is 10.6 Å². The third-order valence-corrected chi connectivity index (χ3v) is 2.25. The molecular weight excluding hydrogens is 140 g/mol. The summed E-state index contributed by atoms with van der Waals surface area (Å²) in [5.41, 5.74) is 0. The Morgan fingerprint density at radius 3 is 2.45 bits per heavy atom. The Hall–Kier alpha value is -0.570. The van der Waals surface area contributed by atoms with Crippen molar-refractivity contribution in [3.05, 3.63) is 0 Å². The SMILES string of the molecule is CN[C@H]1CC[C@@H](NC(C)=O)C1. The molecule has 1 aliphatic rings. The minimum absolute atomic E-state index is 0.0896. The highest BCUT2D eigenvalue weighted by molar-refractivity contribution is 5.73. The summed E-state index contributed by atoms with van der Waals surface area (Å²) in [5.74, 6) is 0.0896. The summed E-state index contributed by atoms with van der Waals surface area (Å²) in [6.45, 7) is 1.58. The van der Waals surface area contributed by atoms with E-state index < -0.39 is 0 Å². The largest absolute Gasteiger partial charge is 0.354 e. The van der Waals surface area contributed by atoms with E-state index in [0.29, 0.717) is 12.1 Å². The second-order valence-corrected chi connectivity index (χ2v) is 3.20. The number of carbonyl (C=O) groups is 1. The molecule has 1 amide bonds. The predicted molar refractivity (Wildman–Crippen MR) is 44.3 cm³/mol. The summed E-state index contributed by atoms with van der Waals surface area (Å²) < 4.78 is 0. The van der Waals surface area contributed by atoms with Crippen molar-refractivity contribution in [3.8, 4) is 0 Å². The van der Waals surface area contributed by atoms with Gasteiger partial charge in [-0.25, -0.2) is 0 Å². The van der Waals surface area contributed by atoms with Crippen molar-refractivity contribution in [2.24, 2.45) is 0 Å². The molecule has 64 valence electrons. The van der Waals surface area contributed by atoms with Gasteiger partial charge >= 0.3 is 0 Å². The van der Waals surface area contributed by atoms with Crippen LogP contribution in [-0.4, -0.2) is 25.0 Å². The molecule has 11 heavy (non-hydrogen) atoms. The van der Waals surface area contributed by atoms with Gasteiger partial charge in [-0.3, -0.25) is 4.79 Å². The molecule has 2 atom stereocenters. The highest BCUT2D eigenvalue weighted by Crippen LogP contribution is 2.18. The molecule has 0 aliphatic heterocycles. The fraction of sp³-hybridized carbons (Fsp3) is 0.875. The number of nitrogens with one attached hydrogen (secondary N) is 2. The topological polar surface area (TPSA) is 41.1 Å². The molecule has 1 saturated carbocycles. The van der Waals surface area contributed by atoms with Crippen LogP contribution in [0.3, 0.4) is 0 Å². The van der Waals surface area contributed by atoms with E-state index in [1.807, 2.05) is 7.05 Å². The van der Waals surface area contributed by atoms with Crippen molar-refractivity contribution < 1.29 is 4.79 Å². The molecule has 1 rings (SSSR count). The molecule has 0 aromatic carbocycles. The van der Waals surface area contributed by atoms with Crippen LogP contribution in [0.1, 0.15) is 26.2 Å². The third kappa shape index (κ3) is 2.50. The zero-order valence-corrected chi connectivity index (χ0v) is 7.18. The first-order chi connectivity index (χ1) is 5.22. The average molecular weight is 156 g/mol. The van der Waals surface area contributed by atoms with Crippen LogP contribution in [0, 0.1) is 0 Å². The molecule has 1 fully saturated rings. The molecule has 0 saturated heterocycles. The fourth-order valence-electron chi connectivity index (χ4n) is 1.66. The smallest absolute Gasteiger partial charge is 0.217 e. The van der Waals surface area contributed by atoms with E-state index in [0.717, 1.165) is 12.8 Å². The highest BCUT2D eigenvalue weighted by Gasteiger charge is 2.23. The number of hydrogen-bond acceptors (Lipinski definition) is 2. The van der Waals surface area contributed by atoms with Gasteiger partial charge < -0.3 is 10.6 Å². The van der Waals surface area contributed by atoms with Gasteiger partial charge in [0.1, 0.15) is 0 Å². The van der Waals surface area contributed by atoms with E-state index in [1.54, 1.807) is 6.92 Å². The lowest BCUT2D eigenvalue weighted by Gasteiger charge is -2.10. The summed E-state index contributed by atoms with van der Waals surface area (Å²) >= 11 is 0. The van der Waals surface area contributed by atoms with Crippen LogP contribution >= 0.6 is 0 Å². The van der Waals surface area contributed by atoms with Gasteiger partial charge in [-0.05, 0) is 26.3 Å². The van der Waals surface area contributed by atoms with Gasteiger partial charge in [0, 0.05) is 19.0 Å². The quantitative estimate of drug-likeness (QED) is 0.602. The first-order valence-electron chi connectivity index (χ1n) is 4.16. The maximum atomic E-state index is 10.7. The molecule has 2 N–H and O–H groups in total. The monoisotopic (exact) mass is 156 g/mol. The van der Waals surface area contributed by atoms with Crippen molar-refractivity contribution in [1.29, 1.82) is 0 Å². The third-order valence-electron chi connectivity index (χ3n) is 2.25. The van der Waals surface area contributed by atoms with Gasteiger partial charge in [-0.15, -0.1) is 0 Å². The minimum atomic E-state index is 0.0896. The molecule has 1 aliphatic carbocycles. The molecule has 3 nitrogen and oxygen atoms in total. The molecule has 0 bridgehead atoms. The highest BCUT2D eigenvalue weighted by atomic mass is 16.1. The van der Waals surface area contributed by atoms with E-state index in [9.17, 15) is 4.79 Å². The first-order valence-corrected chi connectivity index (χ1v) is 4.16. The van der Waals surface area contributed by atoms with Gasteiger partial charge in [0.25, 0.3) is 0 Å². The van der Waals surface area contributed by atoms with Crippen molar-refractivity contribution >= 4 is 5.91 Å². The lowest BCUT2D eigenvalue weighted by Crippen LogP contribution is -2.32. The Morgan fingerprint density at radius 2 is 2.00 bits per heavy atom. The van der Waals surface area contributed by atoms with E-state index in [-0.39, 0.29) is 5.91 Å². The second kappa shape index (κ2) is 3.72. The van der Waals surface area contributed by atoms with Gasteiger partial charge in [-0.1, -0.05) is 0 Å². The van der Waals surface area contributed by atoms with E-state index in [1.165, 1.54) is 6.42 Å². The van der Waals surface area contributed by atoms with E-state index in [4.69, 9.17) is 0 Å². The van der Waals surface area contributed by atoms with Crippen LogP contribution in [0.4, 0.5) is 0 Å². The predicted octanol–water partition coefficient (Wildman–Crippen LogP) is 0.263. The first kappa shape index (κ1) is 8.53. The van der Waals surface area contributed by atoms with Crippen LogP contribution in [0.2, 0.25) is 0 Å². The molecule has 0 unspecified atom stereocenters.